The first-order chi connectivity index (χ1) is 6.07. The van der Waals surface area contributed by atoms with Crippen LogP contribution in [0.15, 0.2) is 12.1 Å². The van der Waals surface area contributed by atoms with Crippen molar-refractivity contribution in [1.82, 2.24) is 0 Å². The first-order valence-corrected chi connectivity index (χ1v) is 5.20. The van der Waals surface area contributed by atoms with Crippen molar-refractivity contribution >= 4 is 15.9 Å². The minimum atomic E-state index is -0.463. The minimum absolute atomic E-state index is 0.139. The second kappa shape index (κ2) is 4.18. The van der Waals surface area contributed by atoms with Gasteiger partial charge in [-0.3, -0.25) is 0 Å². The molecule has 0 fully saturated rings. The number of aryl methyl sites for hydroxylation is 1. The summed E-state index contributed by atoms with van der Waals surface area (Å²) in [4.78, 5) is 0. The summed E-state index contributed by atoms with van der Waals surface area (Å²) < 4.78 is 26.6. The first kappa shape index (κ1) is 10.6. The van der Waals surface area contributed by atoms with Gasteiger partial charge in [-0.2, -0.15) is 0 Å². The van der Waals surface area contributed by atoms with E-state index < -0.39 is 11.6 Å². The molecule has 1 aromatic rings. The molecule has 0 bridgehead atoms. The SMILES string of the molecule is Cc1ccc(F)c(C(C)CBr)c1F. The molecule has 0 aromatic heterocycles. The van der Waals surface area contributed by atoms with E-state index in [9.17, 15) is 8.78 Å². The maximum Gasteiger partial charge on any atom is 0.132 e. The quantitative estimate of drug-likeness (QED) is 0.700. The normalized spacial score (nSPS) is 13.0. The Morgan fingerprint density at radius 1 is 1.38 bits per heavy atom. The van der Waals surface area contributed by atoms with E-state index in [1.165, 1.54) is 12.1 Å². The molecule has 0 saturated carbocycles. The Morgan fingerprint density at radius 3 is 2.54 bits per heavy atom. The summed E-state index contributed by atoms with van der Waals surface area (Å²) >= 11 is 3.21. The molecule has 1 atom stereocenters. The monoisotopic (exact) mass is 248 g/mol. The lowest BCUT2D eigenvalue weighted by atomic mass is 9.99. The fourth-order valence-electron chi connectivity index (χ4n) is 1.21. The first-order valence-electron chi connectivity index (χ1n) is 4.08. The third-order valence-electron chi connectivity index (χ3n) is 2.04. The van der Waals surface area contributed by atoms with Gasteiger partial charge in [0.15, 0.2) is 0 Å². The highest BCUT2D eigenvalue weighted by Gasteiger charge is 2.16. The lowest BCUT2D eigenvalue weighted by Gasteiger charge is -2.11. The summed E-state index contributed by atoms with van der Waals surface area (Å²) in [6.07, 6.45) is 0. The van der Waals surface area contributed by atoms with Crippen molar-refractivity contribution in [2.75, 3.05) is 5.33 Å². The van der Waals surface area contributed by atoms with E-state index in [2.05, 4.69) is 15.9 Å². The van der Waals surface area contributed by atoms with Gasteiger partial charge in [0.05, 0.1) is 0 Å². The van der Waals surface area contributed by atoms with Gasteiger partial charge in [-0.05, 0) is 24.5 Å². The molecule has 1 rings (SSSR count). The Bertz CT molecular complexity index is 310. The highest BCUT2D eigenvalue weighted by Crippen LogP contribution is 2.25. The van der Waals surface area contributed by atoms with Crippen molar-refractivity contribution < 1.29 is 8.78 Å². The Morgan fingerprint density at radius 2 is 2.00 bits per heavy atom. The maximum absolute atomic E-state index is 13.4. The van der Waals surface area contributed by atoms with E-state index in [4.69, 9.17) is 0 Å². The largest absolute Gasteiger partial charge is 0.207 e. The highest BCUT2D eigenvalue weighted by molar-refractivity contribution is 9.09. The lowest BCUT2D eigenvalue weighted by Crippen LogP contribution is -2.03. The zero-order chi connectivity index (χ0) is 10.0. The molecule has 0 N–H and O–H groups in total. The van der Waals surface area contributed by atoms with Crippen LogP contribution in [0.2, 0.25) is 0 Å². The van der Waals surface area contributed by atoms with Gasteiger partial charge >= 0.3 is 0 Å². The minimum Gasteiger partial charge on any atom is -0.207 e. The number of halogens is 3. The molecule has 0 aliphatic carbocycles. The summed E-state index contributed by atoms with van der Waals surface area (Å²) in [6.45, 7) is 3.43. The average Bonchev–Trinajstić information content (AvgIpc) is 2.12. The van der Waals surface area contributed by atoms with E-state index in [1.54, 1.807) is 13.8 Å². The van der Waals surface area contributed by atoms with Crippen LogP contribution in [0, 0.1) is 18.6 Å². The number of benzene rings is 1. The molecule has 1 unspecified atom stereocenters. The molecule has 3 heteroatoms. The van der Waals surface area contributed by atoms with Crippen LogP contribution in [0.5, 0.6) is 0 Å². The molecule has 0 aliphatic rings. The molecule has 13 heavy (non-hydrogen) atoms. The van der Waals surface area contributed by atoms with Crippen molar-refractivity contribution in [2.24, 2.45) is 0 Å². The van der Waals surface area contributed by atoms with Crippen molar-refractivity contribution in [3.8, 4) is 0 Å². The Kier molecular flexibility index (Phi) is 3.42. The number of hydrogen-bond donors (Lipinski definition) is 0. The van der Waals surface area contributed by atoms with Gasteiger partial charge in [-0.25, -0.2) is 8.78 Å². The molecular weight excluding hydrogens is 238 g/mol. The molecule has 72 valence electrons. The van der Waals surface area contributed by atoms with Crippen LogP contribution in [0.1, 0.15) is 24.0 Å². The van der Waals surface area contributed by atoms with Gasteiger partial charge in [-0.1, -0.05) is 28.9 Å². The molecule has 0 aliphatic heterocycles. The third kappa shape index (κ3) is 2.08. The standard InChI is InChI=1S/C10H11BrF2/c1-6-3-4-8(12)9(10(6)13)7(2)5-11/h3-4,7H,5H2,1-2H3. The van der Waals surface area contributed by atoms with Gasteiger partial charge in [0.2, 0.25) is 0 Å². The predicted octanol–water partition coefficient (Wildman–Crippen LogP) is 3.77. The average molecular weight is 249 g/mol. The van der Waals surface area contributed by atoms with Gasteiger partial charge < -0.3 is 0 Å². The van der Waals surface area contributed by atoms with Crippen LogP contribution in [-0.2, 0) is 0 Å². The molecule has 0 amide bonds. The van der Waals surface area contributed by atoms with E-state index in [1.807, 2.05) is 0 Å². The molecule has 0 heterocycles. The van der Waals surface area contributed by atoms with E-state index >= 15 is 0 Å². The topological polar surface area (TPSA) is 0 Å². The number of rotatable bonds is 2. The van der Waals surface area contributed by atoms with Crippen LogP contribution in [0.3, 0.4) is 0 Å². The Balaban J connectivity index is 3.25. The number of alkyl halides is 1. The second-order valence-corrected chi connectivity index (χ2v) is 3.79. The summed E-state index contributed by atoms with van der Waals surface area (Å²) in [5, 5.41) is 0.560. The van der Waals surface area contributed by atoms with Gasteiger partial charge in [0.1, 0.15) is 11.6 Å². The van der Waals surface area contributed by atoms with Crippen LogP contribution in [-0.4, -0.2) is 5.33 Å². The summed E-state index contributed by atoms with van der Waals surface area (Å²) in [7, 11) is 0. The molecule has 0 spiro atoms. The van der Waals surface area contributed by atoms with Gasteiger partial charge in [0.25, 0.3) is 0 Å². The van der Waals surface area contributed by atoms with E-state index in [0.717, 1.165) is 0 Å². The summed E-state index contributed by atoms with van der Waals surface area (Å²) in [5.41, 5.74) is 0.668. The van der Waals surface area contributed by atoms with E-state index in [0.29, 0.717) is 10.9 Å². The van der Waals surface area contributed by atoms with Crippen molar-refractivity contribution in [1.29, 1.82) is 0 Å². The number of hydrogen-bond acceptors (Lipinski definition) is 0. The zero-order valence-electron chi connectivity index (χ0n) is 7.57. The molecule has 0 saturated heterocycles. The maximum atomic E-state index is 13.4. The lowest BCUT2D eigenvalue weighted by molar-refractivity contribution is 0.538. The second-order valence-electron chi connectivity index (χ2n) is 3.15. The van der Waals surface area contributed by atoms with Crippen molar-refractivity contribution in [3.05, 3.63) is 34.9 Å². The van der Waals surface area contributed by atoms with Crippen LogP contribution < -0.4 is 0 Å². The van der Waals surface area contributed by atoms with Gasteiger partial charge in [0, 0.05) is 10.9 Å². The van der Waals surface area contributed by atoms with Crippen LogP contribution >= 0.6 is 15.9 Å². The Hall–Kier alpha value is -0.440. The zero-order valence-corrected chi connectivity index (χ0v) is 9.16. The van der Waals surface area contributed by atoms with E-state index in [-0.39, 0.29) is 11.5 Å². The van der Waals surface area contributed by atoms with Crippen LogP contribution in [0.25, 0.3) is 0 Å². The van der Waals surface area contributed by atoms with Crippen molar-refractivity contribution in [2.45, 2.75) is 19.8 Å². The molecule has 0 nitrogen and oxygen atoms in total. The fraction of sp³-hybridized carbons (Fsp3) is 0.400. The van der Waals surface area contributed by atoms with Gasteiger partial charge in [-0.15, -0.1) is 0 Å². The third-order valence-corrected chi connectivity index (χ3v) is 3.02. The molecular formula is C10H11BrF2. The fourth-order valence-corrected chi connectivity index (χ4v) is 1.53. The van der Waals surface area contributed by atoms with Crippen molar-refractivity contribution in [3.63, 3.8) is 0 Å². The smallest absolute Gasteiger partial charge is 0.132 e. The Labute approximate surface area is 85.1 Å². The molecule has 0 radical (unpaired) electrons. The predicted molar refractivity (Wildman–Crippen MR) is 53.3 cm³/mol. The summed E-state index contributed by atoms with van der Waals surface area (Å²) in [6, 6.07) is 2.77. The van der Waals surface area contributed by atoms with Crippen LogP contribution in [0.4, 0.5) is 8.78 Å². The molecule has 1 aromatic carbocycles. The summed E-state index contributed by atoms with van der Waals surface area (Å²) in [5.74, 6) is -1.03. The highest BCUT2D eigenvalue weighted by atomic mass is 79.9.